The molecule has 96 valence electrons. The summed E-state index contributed by atoms with van der Waals surface area (Å²) in [5.41, 5.74) is 1.09. The third-order valence-corrected chi connectivity index (χ3v) is 3.76. The highest BCUT2D eigenvalue weighted by Crippen LogP contribution is 2.24. The number of thiazole rings is 1. The number of nitrogens with one attached hydrogen (secondary N) is 2. The molecule has 4 nitrogen and oxygen atoms in total. The van der Waals surface area contributed by atoms with Gasteiger partial charge in [-0.1, -0.05) is 0 Å². The Morgan fingerprint density at radius 1 is 1.47 bits per heavy atom. The molecular weight excluding hydrogens is 234 g/mol. The fourth-order valence-corrected chi connectivity index (χ4v) is 2.68. The van der Waals surface area contributed by atoms with E-state index in [1.54, 1.807) is 11.3 Å². The maximum absolute atomic E-state index is 11.3. The fraction of sp³-hybridized carbons (Fsp3) is 0.667. The van der Waals surface area contributed by atoms with E-state index in [9.17, 15) is 4.79 Å². The summed E-state index contributed by atoms with van der Waals surface area (Å²) < 4.78 is 0. The van der Waals surface area contributed by atoms with Crippen molar-refractivity contribution in [1.82, 2.24) is 15.6 Å². The topological polar surface area (TPSA) is 54.0 Å². The maximum Gasteiger partial charge on any atom is 0.221 e. The van der Waals surface area contributed by atoms with E-state index >= 15 is 0 Å². The minimum atomic E-state index is 0.101. The molecule has 0 aromatic carbocycles. The Hall–Kier alpha value is -0.940. The fourth-order valence-electron chi connectivity index (χ4n) is 1.73. The van der Waals surface area contributed by atoms with Gasteiger partial charge in [-0.05, 0) is 27.7 Å². The van der Waals surface area contributed by atoms with Crippen molar-refractivity contribution in [3.05, 3.63) is 15.6 Å². The number of aryl methyl sites for hydroxylation is 2. The standard InChI is InChI=1S/C12H21N3OS/c1-5-13-11(16)6-7-14-8(2)12-9(3)15-10(4)17-12/h8,14H,5-7H2,1-4H3,(H,13,16). The Balaban J connectivity index is 2.37. The van der Waals surface area contributed by atoms with Gasteiger partial charge >= 0.3 is 0 Å². The van der Waals surface area contributed by atoms with Crippen molar-refractivity contribution < 1.29 is 4.79 Å². The molecule has 0 spiro atoms. The summed E-state index contributed by atoms with van der Waals surface area (Å²) >= 11 is 1.72. The monoisotopic (exact) mass is 255 g/mol. The molecule has 1 amide bonds. The summed E-state index contributed by atoms with van der Waals surface area (Å²) in [5.74, 6) is 0.101. The second-order valence-electron chi connectivity index (χ2n) is 4.06. The highest BCUT2D eigenvalue weighted by atomic mass is 32.1. The Bertz CT molecular complexity index is 376. The normalized spacial score (nSPS) is 12.5. The summed E-state index contributed by atoms with van der Waals surface area (Å²) in [6, 6.07) is 0.260. The Morgan fingerprint density at radius 2 is 2.18 bits per heavy atom. The molecule has 0 fully saturated rings. The van der Waals surface area contributed by atoms with Crippen molar-refractivity contribution in [2.45, 2.75) is 40.2 Å². The maximum atomic E-state index is 11.3. The first kappa shape index (κ1) is 14.1. The lowest BCUT2D eigenvalue weighted by atomic mass is 10.2. The quantitative estimate of drug-likeness (QED) is 0.817. The van der Waals surface area contributed by atoms with Crippen LogP contribution in [0.15, 0.2) is 0 Å². The predicted octanol–water partition coefficient (Wildman–Crippen LogP) is 1.94. The van der Waals surface area contributed by atoms with Crippen LogP contribution in [0.3, 0.4) is 0 Å². The highest BCUT2D eigenvalue weighted by Gasteiger charge is 2.12. The van der Waals surface area contributed by atoms with Crippen LogP contribution in [0.25, 0.3) is 0 Å². The minimum Gasteiger partial charge on any atom is -0.356 e. The van der Waals surface area contributed by atoms with Gasteiger partial charge in [-0.15, -0.1) is 11.3 Å². The zero-order chi connectivity index (χ0) is 12.8. The molecule has 0 aliphatic heterocycles. The first-order valence-corrected chi connectivity index (χ1v) is 6.80. The molecule has 0 radical (unpaired) electrons. The number of carbonyl (C=O) groups is 1. The largest absolute Gasteiger partial charge is 0.356 e. The summed E-state index contributed by atoms with van der Waals surface area (Å²) in [4.78, 5) is 16.9. The SMILES string of the molecule is CCNC(=O)CCNC(C)c1sc(C)nc1C. The van der Waals surface area contributed by atoms with Gasteiger partial charge in [0.2, 0.25) is 5.91 Å². The van der Waals surface area contributed by atoms with Gasteiger partial charge in [0.1, 0.15) is 0 Å². The average Bonchev–Trinajstić information content (AvgIpc) is 2.58. The van der Waals surface area contributed by atoms with E-state index in [0.29, 0.717) is 19.5 Å². The van der Waals surface area contributed by atoms with Gasteiger partial charge in [-0.3, -0.25) is 4.79 Å². The molecule has 0 aliphatic rings. The van der Waals surface area contributed by atoms with Crippen LogP contribution in [0.4, 0.5) is 0 Å². The van der Waals surface area contributed by atoms with E-state index in [2.05, 4.69) is 22.5 Å². The van der Waals surface area contributed by atoms with Crippen LogP contribution in [0, 0.1) is 13.8 Å². The van der Waals surface area contributed by atoms with Gasteiger partial charge < -0.3 is 10.6 Å². The first-order chi connectivity index (χ1) is 8.04. The number of hydrogen-bond acceptors (Lipinski definition) is 4. The number of amides is 1. The van der Waals surface area contributed by atoms with Crippen LogP contribution < -0.4 is 10.6 Å². The molecule has 1 aromatic rings. The first-order valence-electron chi connectivity index (χ1n) is 5.98. The number of hydrogen-bond donors (Lipinski definition) is 2. The second kappa shape index (κ2) is 6.71. The molecular formula is C12H21N3OS. The molecule has 0 saturated heterocycles. The lowest BCUT2D eigenvalue weighted by Crippen LogP contribution is -2.28. The van der Waals surface area contributed by atoms with E-state index in [1.807, 2.05) is 20.8 Å². The van der Waals surface area contributed by atoms with Crippen molar-refractivity contribution in [3.8, 4) is 0 Å². The van der Waals surface area contributed by atoms with Crippen molar-refractivity contribution in [2.75, 3.05) is 13.1 Å². The zero-order valence-electron chi connectivity index (χ0n) is 11.0. The van der Waals surface area contributed by atoms with E-state index in [0.717, 1.165) is 10.7 Å². The minimum absolute atomic E-state index is 0.101. The third kappa shape index (κ3) is 4.44. The van der Waals surface area contributed by atoms with Crippen molar-refractivity contribution in [3.63, 3.8) is 0 Å². The van der Waals surface area contributed by atoms with Crippen molar-refractivity contribution in [1.29, 1.82) is 0 Å². The van der Waals surface area contributed by atoms with Crippen LogP contribution in [-0.2, 0) is 4.79 Å². The number of aromatic nitrogens is 1. The van der Waals surface area contributed by atoms with Gasteiger partial charge in [0, 0.05) is 30.4 Å². The number of nitrogens with zero attached hydrogens (tertiary/aromatic N) is 1. The lowest BCUT2D eigenvalue weighted by molar-refractivity contribution is -0.120. The smallest absolute Gasteiger partial charge is 0.221 e. The van der Waals surface area contributed by atoms with Crippen LogP contribution >= 0.6 is 11.3 Å². The van der Waals surface area contributed by atoms with Crippen LogP contribution in [0.5, 0.6) is 0 Å². The second-order valence-corrected chi connectivity index (χ2v) is 5.30. The van der Waals surface area contributed by atoms with Gasteiger partial charge in [-0.25, -0.2) is 4.98 Å². The predicted molar refractivity (Wildman–Crippen MR) is 71.3 cm³/mol. The molecule has 1 heterocycles. The van der Waals surface area contributed by atoms with E-state index in [1.165, 1.54) is 4.88 Å². The van der Waals surface area contributed by atoms with Crippen LogP contribution in [-0.4, -0.2) is 24.0 Å². The molecule has 0 aliphatic carbocycles. The number of carbonyl (C=O) groups excluding carboxylic acids is 1. The molecule has 2 N–H and O–H groups in total. The molecule has 1 rings (SSSR count). The van der Waals surface area contributed by atoms with E-state index in [-0.39, 0.29) is 11.9 Å². The molecule has 1 atom stereocenters. The number of rotatable bonds is 6. The Morgan fingerprint density at radius 3 is 2.71 bits per heavy atom. The average molecular weight is 255 g/mol. The summed E-state index contributed by atoms with van der Waals surface area (Å²) in [6.07, 6.45) is 0.523. The van der Waals surface area contributed by atoms with Gasteiger partial charge in [0.25, 0.3) is 0 Å². The summed E-state index contributed by atoms with van der Waals surface area (Å²) in [5, 5.41) is 7.23. The third-order valence-electron chi connectivity index (χ3n) is 2.51. The van der Waals surface area contributed by atoms with E-state index < -0.39 is 0 Å². The highest BCUT2D eigenvalue weighted by molar-refractivity contribution is 7.11. The zero-order valence-corrected chi connectivity index (χ0v) is 11.8. The molecule has 1 unspecified atom stereocenters. The van der Waals surface area contributed by atoms with Crippen molar-refractivity contribution >= 4 is 17.2 Å². The summed E-state index contributed by atoms with van der Waals surface area (Å²) in [7, 11) is 0. The molecule has 5 heteroatoms. The molecule has 0 saturated carbocycles. The Kier molecular flexibility index (Phi) is 5.58. The molecule has 17 heavy (non-hydrogen) atoms. The Labute approximate surface area is 107 Å². The van der Waals surface area contributed by atoms with Gasteiger partial charge in [-0.2, -0.15) is 0 Å². The van der Waals surface area contributed by atoms with E-state index in [4.69, 9.17) is 0 Å². The molecule has 1 aromatic heterocycles. The van der Waals surface area contributed by atoms with Crippen molar-refractivity contribution in [2.24, 2.45) is 0 Å². The van der Waals surface area contributed by atoms with Crippen LogP contribution in [0.2, 0.25) is 0 Å². The van der Waals surface area contributed by atoms with Crippen LogP contribution in [0.1, 0.15) is 41.9 Å². The molecule has 0 bridgehead atoms. The lowest BCUT2D eigenvalue weighted by Gasteiger charge is -2.12. The van der Waals surface area contributed by atoms with Gasteiger partial charge in [0.15, 0.2) is 0 Å². The summed E-state index contributed by atoms with van der Waals surface area (Å²) in [6.45, 7) is 9.48. The van der Waals surface area contributed by atoms with Gasteiger partial charge in [0.05, 0.1) is 10.7 Å².